The molecule has 3 aromatic carbocycles. The normalized spacial score (nSPS) is 17.2. The second kappa shape index (κ2) is 14.4. The molecule has 0 aliphatic heterocycles. The number of nitrogens with one attached hydrogen (secondary N) is 5. The number of rotatable bonds is 11. The first-order valence-electron chi connectivity index (χ1n) is 15.7. The molecule has 6 N–H and O–H groups in total. The Labute approximate surface area is 278 Å². The minimum atomic E-state index is -3.62. The van der Waals surface area contributed by atoms with Crippen LogP contribution in [0.3, 0.4) is 0 Å². The van der Waals surface area contributed by atoms with Crippen LogP contribution in [0.1, 0.15) is 36.8 Å². The number of anilines is 1. The third kappa shape index (κ3) is 7.94. The molecule has 5 rings (SSSR count). The van der Waals surface area contributed by atoms with E-state index in [0.717, 1.165) is 22.3 Å². The summed E-state index contributed by atoms with van der Waals surface area (Å²) in [4.78, 5) is 50.1. The Morgan fingerprint density at radius 1 is 0.958 bits per heavy atom. The topological polar surface area (TPSA) is 194 Å². The van der Waals surface area contributed by atoms with Gasteiger partial charge in [-0.1, -0.05) is 30.3 Å². The lowest BCUT2D eigenvalue weighted by atomic mass is 9.81. The molecule has 1 heterocycles. The van der Waals surface area contributed by atoms with Gasteiger partial charge in [0.05, 0.1) is 15.8 Å². The third-order valence-electron chi connectivity index (χ3n) is 8.93. The van der Waals surface area contributed by atoms with Gasteiger partial charge in [0.1, 0.15) is 6.04 Å². The zero-order chi connectivity index (χ0) is 34.6. The molecule has 254 valence electrons. The molecule has 0 bridgehead atoms. The molecule has 1 aliphatic rings. The van der Waals surface area contributed by atoms with Crippen LogP contribution in [0.5, 0.6) is 0 Å². The fourth-order valence-corrected chi connectivity index (χ4v) is 6.97. The standard InChI is InChI=1S/C34H40N6O7S/c1-20-4-14-26(48(46,47)40(2)3)18-28(20)23-9-5-21(6-10-23)16-30(33(43)36-25-13-15-27-29(17-25)38-39-32(27)42)37-31(41)24-11-7-22(8-12-24)19-35-34(44)45/h4-6,9-10,13-15,17-18,22,24,30,35H,7-8,11-12,16,19H2,1-3H3,(H,36,43)(H,37,41)(H,44,45)(H2,38,39,42)/t22?,24?,30-/m0/s1. The van der Waals surface area contributed by atoms with Crippen LogP contribution >= 0.6 is 0 Å². The first kappa shape index (κ1) is 34.4. The molecule has 1 saturated carbocycles. The summed E-state index contributed by atoms with van der Waals surface area (Å²) in [5.41, 5.74) is 3.96. The highest BCUT2D eigenvalue weighted by atomic mass is 32.2. The van der Waals surface area contributed by atoms with Crippen LogP contribution in [0.2, 0.25) is 0 Å². The van der Waals surface area contributed by atoms with E-state index in [1.807, 2.05) is 31.2 Å². The number of carbonyl (C=O) groups is 3. The van der Waals surface area contributed by atoms with E-state index in [2.05, 4.69) is 26.1 Å². The van der Waals surface area contributed by atoms with Gasteiger partial charge in [0.15, 0.2) is 0 Å². The van der Waals surface area contributed by atoms with E-state index >= 15 is 0 Å². The number of nitrogens with zero attached hydrogens (tertiary/aromatic N) is 1. The zero-order valence-electron chi connectivity index (χ0n) is 27.0. The van der Waals surface area contributed by atoms with Crippen LogP contribution in [0.25, 0.3) is 22.0 Å². The Morgan fingerprint density at radius 3 is 2.33 bits per heavy atom. The first-order chi connectivity index (χ1) is 22.8. The Bertz CT molecular complexity index is 1980. The van der Waals surface area contributed by atoms with E-state index in [1.54, 1.807) is 36.4 Å². The van der Waals surface area contributed by atoms with E-state index in [9.17, 15) is 27.6 Å². The summed E-state index contributed by atoms with van der Waals surface area (Å²) < 4.78 is 26.7. The van der Waals surface area contributed by atoms with E-state index in [1.165, 1.54) is 18.4 Å². The van der Waals surface area contributed by atoms with Gasteiger partial charge in [-0.25, -0.2) is 17.5 Å². The van der Waals surface area contributed by atoms with Gasteiger partial charge in [-0.05, 0) is 91.1 Å². The maximum Gasteiger partial charge on any atom is 0.404 e. The molecule has 1 fully saturated rings. The van der Waals surface area contributed by atoms with Crippen LogP contribution in [0, 0.1) is 18.8 Å². The van der Waals surface area contributed by atoms with Crippen molar-refractivity contribution in [2.45, 2.75) is 50.0 Å². The summed E-state index contributed by atoms with van der Waals surface area (Å²) in [6.45, 7) is 2.25. The monoisotopic (exact) mass is 676 g/mol. The number of H-pyrrole nitrogens is 2. The highest BCUT2D eigenvalue weighted by molar-refractivity contribution is 7.89. The number of hydrogen-bond donors (Lipinski definition) is 6. The number of amides is 3. The molecule has 1 atom stereocenters. The molecule has 0 radical (unpaired) electrons. The Kier molecular flexibility index (Phi) is 10.3. The summed E-state index contributed by atoms with van der Waals surface area (Å²) in [6.07, 6.45) is 1.68. The molecular formula is C34H40N6O7S. The number of carboxylic acid groups (broad SMARTS) is 1. The van der Waals surface area contributed by atoms with Crippen molar-refractivity contribution in [1.29, 1.82) is 0 Å². The molecule has 1 aromatic heterocycles. The lowest BCUT2D eigenvalue weighted by molar-refractivity contribution is -0.130. The maximum absolute atomic E-state index is 13.7. The number of aromatic nitrogens is 2. The summed E-state index contributed by atoms with van der Waals surface area (Å²) in [7, 11) is -0.652. The van der Waals surface area contributed by atoms with Gasteiger partial charge in [0, 0.05) is 38.7 Å². The van der Waals surface area contributed by atoms with Gasteiger partial charge >= 0.3 is 6.09 Å². The second-order valence-corrected chi connectivity index (χ2v) is 14.6. The Morgan fingerprint density at radius 2 is 1.67 bits per heavy atom. The minimum Gasteiger partial charge on any atom is -0.465 e. The van der Waals surface area contributed by atoms with E-state index < -0.39 is 28.1 Å². The maximum atomic E-state index is 13.7. The molecule has 0 unspecified atom stereocenters. The summed E-state index contributed by atoms with van der Waals surface area (Å²) in [6, 6.07) is 16.4. The van der Waals surface area contributed by atoms with Crippen LogP contribution < -0.4 is 21.5 Å². The van der Waals surface area contributed by atoms with Crippen molar-refractivity contribution in [3.63, 3.8) is 0 Å². The molecule has 3 amide bonds. The van der Waals surface area contributed by atoms with E-state index in [-0.39, 0.29) is 34.6 Å². The molecule has 48 heavy (non-hydrogen) atoms. The third-order valence-corrected chi connectivity index (χ3v) is 10.7. The highest BCUT2D eigenvalue weighted by Crippen LogP contribution is 2.30. The van der Waals surface area contributed by atoms with E-state index in [4.69, 9.17) is 5.11 Å². The number of hydrogen-bond acceptors (Lipinski definition) is 6. The quantitative estimate of drug-likeness (QED) is 0.139. The molecule has 13 nitrogen and oxygen atoms in total. The SMILES string of the molecule is Cc1ccc(S(=O)(=O)N(C)C)cc1-c1ccc(C[C@H](NC(=O)C2CCC(CNC(=O)O)CC2)C(=O)Nc2ccc3c(=O)[nH][nH]c3c2)cc1. The number of aryl methyl sites for hydroxylation is 1. The van der Waals surface area contributed by atoms with Gasteiger partial charge in [-0.15, -0.1) is 0 Å². The predicted octanol–water partition coefficient (Wildman–Crippen LogP) is 3.82. The van der Waals surface area contributed by atoms with Crippen molar-refractivity contribution in [1.82, 2.24) is 25.1 Å². The predicted molar refractivity (Wildman–Crippen MR) is 182 cm³/mol. The summed E-state index contributed by atoms with van der Waals surface area (Å²) >= 11 is 0. The minimum absolute atomic E-state index is 0.157. The van der Waals surface area contributed by atoms with Gasteiger partial charge in [0.25, 0.3) is 5.56 Å². The van der Waals surface area contributed by atoms with Crippen LogP contribution in [0.15, 0.2) is 70.4 Å². The molecular weight excluding hydrogens is 636 g/mol. The van der Waals surface area contributed by atoms with Crippen molar-refractivity contribution in [3.8, 4) is 11.1 Å². The van der Waals surface area contributed by atoms with Crippen molar-refractivity contribution >= 4 is 44.5 Å². The van der Waals surface area contributed by atoms with Crippen LogP contribution in [0.4, 0.5) is 10.5 Å². The summed E-state index contributed by atoms with van der Waals surface area (Å²) in [5.74, 6) is -0.818. The number of carbonyl (C=O) groups excluding carboxylic acids is 2. The Balaban J connectivity index is 1.34. The lowest BCUT2D eigenvalue weighted by Crippen LogP contribution is -2.48. The largest absolute Gasteiger partial charge is 0.465 e. The summed E-state index contributed by atoms with van der Waals surface area (Å²) in [5, 5.41) is 22.9. The van der Waals surface area contributed by atoms with Gasteiger partial charge in [0.2, 0.25) is 21.8 Å². The lowest BCUT2D eigenvalue weighted by Gasteiger charge is -2.29. The molecule has 0 spiro atoms. The average molecular weight is 677 g/mol. The fraction of sp³-hybridized carbons (Fsp3) is 0.353. The number of benzene rings is 3. The molecule has 14 heteroatoms. The second-order valence-electron chi connectivity index (χ2n) is 12.5. The molecule has 0 saturated heterocycles. The van der Waals surface area contributed by atoms with Gasteiger partial charge in [-0.2, -0.15) is 0 Å². The average Bonchev–Trinajstić information content (AvgIpc) is 3.43. The number of sulfonamides is 1. The van der Waals surface area contributed by atoms with Crippen molar-refractivity contribution in [3.05, 3.63) is 82.1 Å². The van der Waals surface area contributed by atoms with Gasteiger partial charge in [-0.3, -0.25) is 24.6 Å². The van der Waals surface area contributed by atoms with Crippen molar-refractivity contribution < 1.29 is 27.9 Å². The smallest absolute Gasteiger partial charge is 0.404 e. The van der Waals surface area contributed by atoms with Crippen LogP contribution in [-0.2, 0) is 26.0 Å². The van der Waals surface area contributed by atoms with Crippen LogP contribution in [-0.4, -0.2) is 72.6 Å². The fourth-order valence-electron chi connectivity index (χ4n) is 6.04. The van der Waals surface area contributed by atoms with Gasteiger partial charge < -0.3 is 21.1 Å². The van der Waals surface area contributed by atoms with E-state index in [0.29, 0.717) is 48.8 Å². The Hall–Kier alpha value is -4.95. The first-order valence-corrected chi connectivity index (χ1v) is 17.2. The number of fused-ring (bicyclic) bond motifs is 1. The van der Waals surface area contributed by atoms with Crippen molar-refractivity contribution in [2.75, 3.05) is 26.0 Å². The molecule has 4 aromatic rings. The zero-order valence-corrected chi connectivity index (χ0v) is 27.8. The number of aromatic amines is 2. The van der Waals surface area contributed by atoms with Crippen molar-refractivity contribution in [2.24, 2.45) is 11.8 Å². The highest BCUT2D eigenvalue weighted by Gasteiger charge is 2.30. The molecule has 1 aliphatic carbocycles.